The number of fused-ring (bicyclic) bond motifs is 1. The Bertz CT molecular complexity index is 1460. The SMILES string of the molecule is CC(=O)N(c1cccs1)c1cc2c(C=Cc3cccc(CN4CCCC(C(N)=O)C4)c3)n[nH]c2cc1C. The summed E-state index contributed by atoms with van der Waals surface area (Å²) in [5.74, 6) is -0.289. The molecule has 1 saturated heterocycles. The number of H-pyrrole nitrogens is 1. The molecule has 1 fully saturated rings. The molecule has 3 N–H and O–H groups in total. The van der Waals surface area contributed by atoms with Gasteiger partial charge in [-0.3, -0.25) is 24.5 Å². The number of anilines is 2. The second-order valence-corrected chi connectivity index (χ2v) is 10.6. The first kappa shape index (κ1) is 24.9. The van der Waals surface area contributed by atoms with E-state index in [0.29, 0.717) is 0 Å². The third-order valence-electron chi connectivity index (χ3n) is 6.89. The molecule has 1 atom stereocenters. The maximum atomic E-state index is 12.6. The fourth-order valence-corrected chi connectivity index (χ4v) is 5.84. The summed E-state index contributed by atoms with van der Waals surface area (Å²) < 4.78 is 0. The van der Waals surface area contributed by atoms with Gasteiger partial charge in [-0.05, 0) is 78.7 Å². The van der Waals surface area contributed by atoms with Crippen LogP contribution in [0.5, 0.6) is 0 Å². The van der Waals surface area contributed by atoms with E-state index in [1.807, 2.05) is 42.6 Å². The van der Waals surface area contributed by atoms with Crippen molar-refractivity contribution in [2.24, 2.45) is 11.7 Å². The third kappa shape index (κ3) is 5.50. The number of piperidine rings is 1. The van der Waals surface area contributed by atoms with Gasteiger partial charge in [0.2, 0.25) is 11.8 Å². The van der Waals surface area contributed by atoms with E-state index in [2.05, 4.69) is 45.4 Å². The lowest BCUT2D eigenvalue weighted by molar-refractivity contribution is -0.123. The van der Waals surface area contributed by atoms with Crippen LogP contribution in [0.4, 0.5) is 10.7 Å². The van der Waals surface area contributed by atoms with Crippen LogP contribution in [-0.2, 0) is 16.1 Å². The van der Waals surface area contributed by atoms with E-state index in [9.17, 15) is 9.59 Å². The number of amides is 2. The van der Waals surface area contributed by atoms with Crippen LogP contribution in [0.1, 0.15) is 42.1 Å². The molecule has 0 aliphatic carbocycles. The van der Waals surface area contributed by atoms with Gasteiger partial charge in [0.15, 0.2) is 0 Å². The minimum absolute atomic E-state index is 0.0295. The number of carbonyl (C=O) groups excluding carboxylic acids is 2. The van der Waals surface area contributed by atoms with Crippen LogP contribution in [0, 0.1) is 12.8 Å². The van der Waals surface area contributed by atoms with Crippen LogP contribution < -0.4 is 10.6 Å². The number of thiophene rings is 1. The zero-order valence-corrected chi connectivity index (χ0v) is 21.9. The number of hydrogen-bond acceptors (Lipinski definition) is 5. The van der Waals surface area contributed by atoms with E-state index >= 15 is 0 Å². The third-order valence-corrected chi connectivity index (χ3v) is 7.74. The second kappa shape index (κ2) is 10.7. The minimum atomic E-state index is -0.201. The number of aryl methyl sites for hydroxylation is 1. The number of aromatic amines is 1. The Labute approximate surface area is 220 Å². The molecule has 0 spiro atoms. The first-order valence-electron chi connectivity index (χ1n) is 12.5. The average Bonchev–Trinajstić information content (AvgIpc) is 3.53. The molecule has 37 heavy (non-hydrogen) atoms. The summed E-state index contributed by atoms with van der Waals surface area (Å²) in [6.07, 6.45) is 5.94. The van der Waals surface area contributed by atoms with Crippen LogP contribution in [0.3, 0.4) is 0 Å². The van der Waals surface area contributed by atoms with E-state index in [4.69, 9.17) is 5.73 Å². The summed E-state index contributed by atoms with van der Waals surface area (Å²) in [6, 6.07) is 16.4. The number of likely N-dealkylation sites (tertiary alicyclic amines) is 1. The molecule has 1 aliphatic rings. The molecule has 4 aromatic rings. The molecule has 5 rings (SSSR count). The quantitative estimate of drug-likeness (QED) is 0.342. The first-order valence-corrected chi connectivity index (χ1v) is 13.4. The number of hydrogen-bond donors (Lipinski definition) is 2. The zero-order valence-electron chi connectivity index (χ0n) is 21.1. The van der Waals surface area contributed by atoms with Crippen molar-refractivity contribution in [1.29, 1.82) is 0 Å². The molecular formula is C29H31N5O2S. The molecule has 2 aromatic heterocycles. The number of primary amides is 1. The Morgan fingerprint density at radius 3 is 2.84 bits per heavy atom. The molecule has 3 heterocycles. The highest BCUT2D eigenvalue weighted by Crippen LogP contribution is 2.35. The maximum absolute atomic E-state index is 12.6. The number of nitrogens with one attached hydrogen (secondary N) is 1. The highest BCUT2D eigenvalue weighted by Gasteiger charge is 2.24. The van der Waals surface area contributed by atoms with E-state index in [1.165, 1.54) is 16.9 Å². The molecule has 0 bridgehead atoms. The zero-order chi connectivity index (χ0) is 25.9. The molecule has 2 amide bonds. The summed E-state index contributed by atoms with van der Waals surface area (Å²) in [6.45, 7) is 6.09. The standard InChI is InChI=1S/C29H31N5O2S/c1-19-14-26-24(16-27(19)34(20(2)35)28-9-5-13-37-28)25(31-32-26)11-10-21-6-3-7-22(15-21)17-33-12-4-8-23(18-33)29(30)36/h3,5-7,9-11,13-16,23H,4,8,12,17-18H2,1-2H3,(H2,30,36)(H,31,32). The van der Waals surface area contributed by atoms with Gasteiger partial charge in [0.05, 0.1) is 22.8 Å². The van der Waals surface area contributed by atoms with Crippen molar-refractivity contribution in [1.82, 2.24) is 15.1 Å². The van der Waals surface area contributed by atoms with Gasteiger partial charge in [-0.15, -0.1) is 11.3 Å². The van der Waals surface area contributed by atoms with Crippen LogP contribution in [-0.4, -0.2) is 40.0 Å². The van der Waals surface area contributed by atoms with Crippen molar-refractivity contribution in [3.05, 3.63) is 76.3 Å². The fraction of sp³-hybridized carbons (Fsp3) is 0.276. The van der Waals surface area contributed by atoms with E-state index < -0.39 is 0 Å². The lowest BCUT2D eigenvalue weighted by atomic mass is 9.97. The largest absolute Gasteiger partial charge is 0.369 e. The van der Waals surface area contributed by atoms with Gasteiger partial charge in [-0.1, -0.05) is 30.3 Å². The Hall–Kier alpha value is -3.75. The van der Waals surface area contributed by atoms with Gasteiger partial charge in [0, 0.05) is 25.4 Å². The summed E-state index contributed by atoms with van der Waals surface area (Å²) in [5.41, 5.74) is 11.4. The maximum Gasteiger partial charge on any atom is 0.229 e. The molecule has 8 heteroatoms. The molecule has 0 saturated carbocycles. The number of carbonyl (C=O) groups is 2. The average molecular weight is 514 g/mol. The number of aromatic nitrogens is 2. The van der Waals surface area contributed by atoms with Crippen molar-refractivity contribution >= 4 is 56.9 Å². The summed E-state index contributed by atoms with van der Waals surface area (Å²) in [5, 5.41) is 11.5. The molecule has 1 aliphatic heterocycles. The van der Waals surface area contributed by atoms with Crippen LogP contribution in [0.2, 0.25) is 0 Å². The van der Waals surface area contributed by atoms with Crippen LogP contribution >= 0.6 is 11.3 Å². The summed E-state index contributed by atoms with van der Waals surface area (Å²) >= 11 is 1.54. The lowest BCUT2D eigenvalue weighted by Crippen LogP contribution is -2.40. The van der Waals surface area contributed by atoms with Crippen molar-refractivity contribution < 1.29 is 9.59 Å². The van der Waals surface area contributed by atoms with Crippen molar-refractivity contribution in [3.63, 3.8) is 0 Å². The van der Waals surface area contributed by atoms with E-state index in [0.717, 1.165) is 70.9 Å². The number of rotatable bonds is 7. The number of nitrogens with two attached hydrogens (primary N) is 1. The Morgan fingerprint density at radius 2 is 2.08 bits per heavy atom. The lowest BCUT2D eigenvalue weighted by Gasteiger charge is -2.31. The molecule has 2 aromatic carbocycles. The molecule has 190 valence electrons. The first-order chi connectivity index (χ1) is 17.9. The van der Waals surface area contributed by atoms with Crippen molar-refractivity contribution in [2.75, 3.05) is 18.0 Å². The van der Waals surface area contributed by atoms with Crippen molar-refractivity contribution in [2.45, 2.75) is 33.2 Å². The Morgan fingerprint density at radius 1 is 1.22 bits per heavy atom. The molecule has 1 unspecified atom stereocenters. The van der Waals surface area contributed by atoms with Crippen LogP contribution in [0.15, 0.2) is 53.9 Å². The molecule has 0 radical (unpaired) electrons. The highest BCUT2D eigenvalue weighted by molar-refractivity contribution is 7.14. The van der Waals surface area contributed by atoms with Gasteiger partial charge >= 0.3 is 0 Å². The smallest absolute Gasteiger partial charge is 0.229 e. The van der Waals surface area contributed by atoms with Crippen LogP contribution in [0.25, 0.3) is 23.1 Å². The van der Waals surface area contributed by atoms with Gasteiger partial charge in [-0.25, -0.2) is 0 Å². The van der Waals surface area contributed by atoms with Gasteiger partial charge in [0.1, 0.15) is 5.00 Å². The Kier molecular flexibility index (Phi) is 7.21. The number of nitrogens with zero attached hydrogens (tertiary/aromatic N) is 3. The van der Waals surface area contributed by atoms with Gasteiger partial charge in [0.25, 0.3) is 0 Å². The van der Waals surface area contributed by atoms with E-state index in [-0.39, 0.29) is 17.7 Å². The highest BCUT2D eigenvalue weighted by atomic mass is 32.1. The van der Waals surface area contributed by atoms with E-state index in [1.54, 1.807) is 11.8 Å². The van der Waals surface area contributed by atoms with Gasteiger partial charge < -0.3 is 5.73 Å². The summed E-state index contributed by atoms with van der Waals surface area (Å²) in [4.78, 5) is 28.2. The topological polar surface area (TPSA) is 95.3 Å². The summed E-state index contributed by atoms with van der Waals surface area (Å²) in [7, 11) is 0. The fourth-order valence-electron chi connectivity index (χ4n) is 5.05. The predicted molar refractivity (Wildman–Crippen MR) is 151 cm³/mol. The predicted octanol–water partition coefficient (Wildman–Crippen LogP) is 5.49. The minimum Gasteiger partial charge on any atom is -0.369 e. The normalized spacial score (nSPS) is 16.4. The number of benzene rings is 2. The molecule has 7 nitrogen and oxygen atoms in total. The van der Waals surface area contributed by atoms with Gasteiger partial charge in [-0.2, -0.15) is 5.10 Å². The second-order valence-electron chi connectivity index (χ2n) is 9.65. The monoisotopic (exact) mass is 513 g/mol. The Balaban J connectivity index is 1.38. The molecular weight excluding hydrogens is 482 g/mol. The van der Waals surface area contributed by atoms with Crippen molar-refractivity contribution in [3.8, 4) is 0 Å².